The second-order valence-electron chi connectivity index (χ2n) is 17.6. The number of aryl methyl sites for hydroxylation is 1. The van der Waals surface area contributed by atoms with Crippen molar-refractivity contribution in [1.82, 2.24) is 19.9 Å². The van der Waals surface area contributed by atoms with E-state index in [2.05, 4.69) is 56.8 Å². The summed E-state index contributed by atoms with van der Waals surface area (Å²) in [5, 5.41) is 0.149. The fraction of sp³-hybridized carbons (Fsp3) is 0.511. The minimum absolute atomic E-state index is 0.0227. The number of aromatic nitrogens is 3. The standard InChI is InChI=1S/C47H54ClF3N6O4/c1-31(29-61-40-12-19-53-39-9-4-6-32(2)42(39)40)24-35-26-34-11-10-33(28-55-20-22-56(23-21-55)41-13-18-52-30-54-41)25-38(34)45(35)14-16-46(17-15-45,44(59)60-3)57(43(58)47(49,50)51)37-8-5-7-36(48)27-37/h5,7-8,10-13,18-19,25,27,30-32,35H,4,6,9,14-17,20-24,26,28-29H2,1-3H3/t31-,32-,35+,45?,46?/m1/s1. The largest absolute Gasteiger partial charge is 0.493 e. The number of carbonyl (C=O) groups is 2. The second kappa shape index (κ2) is 17.6. The van der Waals surface area contributed by atoms with E-state index in [0.29, 0.717) is 30.3 Å². The summed E-state index contributed by atoms with van der Waals surface area (Å²) in [5.41, 5.74) is 3.43. The Balaban J connectivity index is 1.09. The Bertz CT molecular complexity index is 2210. The average Bonchev–Trinajstić information content (AvgIpc) is 3.54. The molecule has 4 aliphatic rings. The van der Waals surface area contributed by atoms with E-state index in [-0.39, 0.29) is 35.4 Å². The van der Waals surface area contributed by atoms with Gasteiger partial charge in [0.25, 0.3) is 0 Å². The number of carbonyl (C=O) groups excluding carboxylic acids is 2. The first-order valence-corrected chi connectivity index (χ1v) is 21.9. The number of amides is 1. The number of hydrogen-bond acceptors (Lipinski definition) is 9. The van der Waals surface area contributed by atoms with Gasteiger partial charge in [0.15, 0.2) is 0 Å². The highest BCUT2D eigenvalue weighted by Crippen LogP contribution is 2.57. The number of alkyl halides is 3. The molecule has 1 amide bonds. The zero-order valence-corrected chi connectivity index (χ0v) is 35.9. The first kappa shape index (κ1) is 42.9. The van der Waals surface area contributed by atoms with E-state index in [1.807, 2.05) is 18.3 Å². The van der Waals surface area contributed by atoms with Crippen molar-refractivity contribution in [2.24, 2.45) is 11.8 Å². The Morgan fingerprint density at radius 2 is 1.79 bits per heavy atom. The Morgan fingerprint density at radius 1 is 1.00 bits per heavy atom. The summed E-state index contributed by atoms with van der Waals surface area (Å²) in [5.74, 6) is -0.549. The van der Waals surface area contributed by atoms with Gasteiger partial charge in [-0.15, -0.1) is 0 Å². The molecule has 2 aromatic carbocycles. The van der Waals surface area contributed by atoms with Crippen LogP contribution in [-0.2, 0) is 39.1 Å². The molecule has 0 bridgehead atoms. The lowest BCUT2D eigenvalue weighted by Crippen LogP contribution is -2.63. The van der Waals surface area contributed by atoms with Gasteiger partial charge in [-0.25, -0.2) is 14.8 Å². The van der Waals surface area contributed by atoms with Gasteiger partial charge >= 0.3 is 18.1 Å². The highest BCUT2D eigenvalue weighted by Gasteiger charge is 2.60. The maximum Gasteiger partial charge on any atom is 0.471 e. The van der Waals surface area contributed by atoms with Crippen LogP contribution in [0.15, 0.2) is 73.3 Å². The molecule has 0 radical (unpaired) electrons. The Kier molecular flexibility index (Phi) is 12.3. The molecular weight excluding hydrogens is 805 g/mol. The summed E-state index contributed by atoms with van der Waals surface area (Å²) in [6.45, 7) is 9.09. The molecule has 1 saturated heterocycles. The van der Waals surface area contributed by atoms with E-state index in [1.54, 1.807) is 12.5 Å². The molecule has 2 aromatic heterocycles. The molecule has 3 aliphatic carbocycles. The van der Waals surface area contributed by atoms with Crippen LogP contribution < -0.4 is 14.5 Å². The zero-order valence-electron chi connectivity index (χ0n) is 35.1. The Hall–Kier alpha value is -4.75. The van der Waals surface area contributed by atoms with Crippen molar-refractivity contribution in [2.45, 2.75) is 101 Å². The van der Waals surface area contributed by atoms with Crippen LogP contribution in [0, 0.1) is 11.8 Å². The molecule has 2 fully saturated rings. The van der Waals surface area contributed by atoms with Crippen LogP contribution in [0.4, 0.5) is 24.7 Å². The summed E-state index contributed by atoms with van der Waals surface area (Å²) >= 11 is 6.29. The predicted molar refractivity (Wildman–Crippen MR) is 228 cm³/mol. The minimum atomic E-state index is -5.25. The van der Waals surface area contributed by atoms with E-state index < -0.39 is 29.0 Å². The van der Waals surface area contributed by atoms with Crippen molar-refractivity contribution in [3.8, 4) is 5.75 Å². The predicted octanol–water partition coefficient (Wildman–Crippen LogP) is 8.88. The molecule has 1 spiro atoms. The van der Waals surface area contributed by atoms with Crippen molar-refractivity contribution in [1.29, 1.82) is 0 Å². The van der Waals surface area contributed by atoms with Crippen molar-refractivity contribution >= 4 is 35.0 Å². The van der Waals surface area contributed by atoms with Crippen LogP contribution in [0.2, 0.25) is 5.02 Å². The number of piperazine rings is 1. The molecule has 1 aliphatic heterocycles. The molecule has 3 atom stereocenters. The van der Waals surface area contributed by atoms with Gasteiger partial charge in [0, 0.05) is 67.1 Å². The third kappa shape index (κ3) is 8.56. The normalized spacial score (nSPS) is 24.5. The summed E-state index contributed by atoms with van der Waals surface area (Å²) in [4.78, 5) is 45.9. The van der Waals surface area contributed by atoms with Gasteiger partial charge in [-0.2, -0.15) is 13.2 Å². The fourth-order valence-corrected chi connectivity index (χ4v) is 11.1. The SMILES string of the molecule is COC(=O)C1(N(C(=O)C(F)(F)F)c2cccc(Cl)c2)CCC2(CC1)c1cc(CN3CCN(c4ccncn4)CC3)ccc1C[C@@H]2C[C@@H](C)COc1ccnc2c1[C@H](C)CCC2. The lowest BCUT2D eigenvalue weighted by molar-refractivity contribution is -0.174. The highest BCUT2D eigenvalue weighted by atomic mass is 35.5. The number of nitrogens with zero attached hydrogens (tertiary/aromatic N) is 6. The molecule has 0 N–H and O–H groups in total. The second-order valence-corrected chi connectivity index (χ2v) is 18.1. The number of pyridine rings is 1. The third-order valence-electron chi connectivity index (χ3n) is 13.9. The maximum absolute atomic E-state index is 14.5. The number of hydrogen-bond donors (Lipinski definition) is 0. The van der Waals surface area contributed by atoms with Gasteiger partial charge in [-0.05, 0) is 128 Å². The van der Waals surface area contributed by atoms with Crippen molar-refractivity contribution in [2.75, 3.05) is 49.7 Å². The lowest BCUT2D eigenvalue weighted by Gasteiger charge is -2.51. The first-order valence-electron chi connectivity index (χ1n) is 21.5. The number of esters is 1. The molecule has 1 saturated carbocycles. The third-order valence-corrected chi connectivity index (χ3v) is 14.1. The van der Waals surface area contributed by atoms with Gasteiger partial charge in [-0.1, -0.05) is 49.7 Å². The highest BCUT2D eigenvalue weighted by molar-refractivity contribution is 6.31. The van der Waals surface area contributed by atoms with Crippen LogP contribution in [0.1, 0.15) is 92.7 Å². The van der Waals surface area contributed by atoms with Crippen LogP contribution in [-0.4, -0.2) is 83.3 Å². The van der Waals surface area contributed by atoms with Gasteiger partial charge in [-0.3, -0.25) is 19.6 Å². The molecule has 3 heterocycles. The first-order chi connectivity index (χ1) is 29.3. The maximum atomic E-state index is 14.5. The van der Waals surface area contributed by atoms with Crippen molar-refractivity contribution < 1.29 is 32.2 Å². The summed E-state index contributed by atoms with van der Waals surface area (Å²) in [6, 6.07) is 16.3. The van der Waals surface area contributed by atoms with E-state index in [9.17, 15) is 22.8 Å². The number of methoxy groups -OCH3 is 1. The summed E-state index contributed by atoms with van der Waals surface area (Å²) in [7, 11) is 1.17. The van der Waals surface area contributed by atoms with E-state index >= 15 is 0 Å². The average molecular weight is 859 g/mol. The molecule has 324 valence electrons. The van der Waals surface area contributed by atoms with Crippen LogP contribution in [0.25, 0.3) is 0 Å². The van der Waals surface area contributed by atoms with Crippen molar-refractivity contribution in [3.63, 3.8) is 0 Å². The number of benzene rings is 2. The topological polar surface area (TPSA) is 101 Å². The molecule has 4 aromatic rings. The van der Waals surface area contributed by atoms with E-state index in [0.717, 1.165) is 82.1 Å². The van der Waals surface area contributed by atoms with Gasteiger partial charge in [0.05, 0.1) is 13.7 Å². The molecule has 61 heavy (non-hydrogen) atoms. The van der Waals surface area contributed by atoms with Crippen molar-refractivity contribution in [3.05, 3.63) is 106 Å². The molecule has 0 unspecified atom stereocenters. The molecule has 14 heteroatoms. The van der Waals surface area contributed by atoms with E-state index in [4.69, 9.17) is 21.1 Å². The zero-order chi connectivity index (χ0) is 42.9. The fourth-order valence-electron chi connectivity index (χ4n) is 10.9. The number of rotatable bonds is 11. The smallest absolute Gasteiger partial charge is 0.471 e. The number of anilines is 2. The Labute approximate surface area is 360 Å². The Morgan fingerprint density at radius 3 is 2.49 bits per heavy atom. The van der Waals surface area contributed by atoms with Crippen LogP contribution in [0.3, 0.4) is 0 Å². The monoisotopic (exact) mass is 858 g/mol. The summed E-state index contributed by atoms with van der Waals surface area (Å²) < 4.78 is 55.5. The van der Waals surface area contributed by atoms with Gasteiger partial charge in [0.2, 0.25) is 0 Å². The number of ether oxygens (including phenoxy) is 2. The molecule has 10 nitrogen and oxygen atoms in total. The number of halogens is 4. The lowest BCUT2D eigenvalue weighted by atomic mass is 9.59. The quantitative estimate of drug-likeness (QED) is 0.137. The number of fused-ring (bicyclic) bond motifs is 3. The molecule has 8 rings (SSSR count). The van der Waals surface area contributed by atoms with Crippen LogP contribution in [0.5, 0.6) is 5.75 Å². The van der Waals surface area contributed by atoms with Crippen LogP contribution >= 0.6 is 11.6 Å². The molecular formula is C47H54ClF3N6O4. The summed E-state index contributed by atoms with van der Waals surface area (Å²) in [6.07, 6.45) is 5.40. The van der Waals surface area contributed by atoms with E-state index in [1.165, 1.54) is 53.6 Å². The van der Waals surface area contributed by atoms with Gasteiger partial charge < -0.3 is 14.4 Å². The minimum Gasteiger partial charge on any atom is -0.493 e. The van der Waals surface area contributed by atoms with Gasteiger partial charge in [0.1, 0.15) is 23.4 Å².